The van der Waals surface area contributed by atoms with Crippen molar-refractivity contribution >= 4 is 23.1 Å². The monoisotopic (exact) mass is 269 g/mol. The van der Waals surface area contributed by atoms with Crippen molar-refractivity contribution in [2.45, 2.75) is 0 Å². The van der Waals surface area contributed by atoms with E-state index in [-0.39, 0.29) is 0 Å². The Labute approximate surface area is 78.3 Å². The molecule has 0 aromatic carbocycles. The lowest BCUT2D eigenvalue weighted by Crippen LogP contribution is -1.79. The standard InChI is InChI=1S/C3H6F4N3OP3/c1-3-12(11-2)8-13(4,5)10-14(6,7)9-12/h3H,1H2,2H3. The van der Waals surface area contributed by atoms with Gasteiger partial charge in [-0.05, 0) is 5.82 Å². The quantitative estimate of drug-likeness (QED) is 0.475. The molecule has 1 aliphatic rings. The van der Waals surface area contributed by atoms with Gasteiger partial charge in [-0.25, -0.2) is 0 Å². The number of rotatable bonds is 2. The molecule has 14 heavy (non-hydrogen) atoms. The second-order valence-corrected chi connectivity index (χ2v) is 8.01. The minimum Gasteiger partial charge on any atom is -0.327 e. The molecule has 4 nitrogen and oxygen atoms in total. The summed E-state index contributed by atoms with van der Waals surface area (Å²) in [7, 11) is -13.2. The molecular weight excluding hydrogens is 263 g/mol. The van der Waals surface area contributed by atoms with E-state index in [1.165, 1.54) is 0 Å². The smallest absolute Gasteiger partial charge is 0.327 e. The lowest BCUT2D eigenvalue weighted by Gasteiger charge is -2.18. The zero-order valence-corrected chi connectivity index (χ0v) is 9.57. The number of hydrogen-bond acceptors (Lipinski definition) is 4. The topological polar surface area (TPSA) is 46.3 Å². The SMILES string of the molecule is C=CP1(OC)=NP(F)(F)=NP(F)(F)=N1. The molecule has 0 N–H and O–H groups in total. The molecule has 11 heteroatoms. The van der Waals surface area contributed by atoms with Crippen LogP contribution in [-0.2, 0) is 4.52 Å². The van der Waals surface area contributed by atoms with Crippen molar-refractivity contribution in [3.05, 3.63) is 12.4 Å². The molecule has 1 aliphatic heterocycles. The van der Waals surface area contributed by atoms with Gasteiger partial charge in [0.15, 0.2) is 0 Å². The first-order valence-corrected chi connectivity index (χ1v) is 7.77. The maximum atomic E-state index is 12.7. The van der Waals surface area contributed by atoms with Crippen LogP contribution in [-0.4, -0.2) is 7.11 Å². The van der Waals surface area contributed by atoms with Crippen molar-refractivity contribution < 1.29 is 21.3 Å². The van der Waals surface area contributed by atoms with Crippen LogP contribution in [0.1, 0.15) is 0 Å². The summed E-state index contributed by atoms with van der Waals surface area (Å²) < 4.78 is 63.2. The average molecular weight is 269 g/mol. The molecule has 0 radical (unpaired) electrons. The normalized spacial score (nSPS) is 33.5. The Bertz CT molecular complexity index is 411. The first-order valence-electron chi connectivity index (χ1n) is 3.13. The third kappa shape index (κ3) is 2.57. The van der Waals surface area contributed by atoms with Gasteiger partial charge in [-0.1, -0.05) is 6.58 Å². The van der Waals surface area contributed by atoms with Crippen LogP contribution >= 0.6 is 23.1 Å². The minimum atomic E-state index is -5.30. The van der Waals surface area contributed by atoms with Crippen LogP contribution in [0.25, 0.3) is 0 Å². The van der Waals surface area contributed by atoms with Gasteiger partial charge >= 0.3 is 15.7 Å². The van der Waals surface area contributed by atoms with Crippen molar-refractivity contribution in [3.63, 3.8) is 0 Å². The van der Waals surface area contributed by atoms with E-state index in [1.54, 1.807) is 0 Å². The molecular formula is C3H6F4N3OP3. The van der Waals surface area contributed by atoms with Gasteiger partial charge in [-0.2, -0.15) is 9.03 Å². The van der Waals surface area contributed by atoms with Crippen LogP contribution < -0.4 is 0 Å². The van der Waals surface area contributed by atoms with E-state index in [0.29, 0.717) is 0 Å². The summed E-state index contributed by atoms with van der Waals surface area (Å²) in [5.41, 5.74) is 0. The van der Waals surface area contributed by atoms with E-state index in [2.05, 4.69) is 24.6 Å². The van der Waals surface area contributed by atoms with Crippen molar-refractivity contribution in [2.75, 3.05) is 7.11 Å². The third-order valence-corrected chi connectivity index (χ3v) is 7.70. The van der Waals surface area contributed by atoms with Gasteiger partial charge in [0.05, 0.1) is 0 Å². The van der Waals surface area contributed by atoms with Crippen molar-refractivity contribution in [1.29, 1.82) is 0 Å². The molecule has 0 aromatic heterocycles. The highest BCUT2D eigenvalue weighted by molar-refractivity contribution is 7.80. The maximum Gasteiger partial charge on any atom is 0.423 e. The highest BCUT2D eigenvalue weighted by Crippen LogP contribution is 2.81. The Morgan fingerprint density at radius 1 is 1.07 bits per heavy atom. The Balaban J connectivity index is 3.54. The predicted octanol–water partition coefficient (Wildman–Crippen LogP) is 5.59. The largest absolute Gasteiger partial charge is 0.423 e. The van der Waals surface area contributed by atoms with Gasteiger partial charge in [0.1, 0.15) is 0 Å². The van der Waals surface area contributed by atoms with Crippen LogP contribution in [0.2, 0.25) is 0 Å². The summed E-state index contributed by atoms with van der Waals surface area (Å²) in [5, 5.41) is 0. The Kier molecular flexibility index (Phi) is 3.13. The van der Waals surface area contributed by atoms with Crippen LogP contribution in [0.5, 0.6) is 0 Å². The van der Waals surface area contributed by atoms with E-state index in [1.807, 2.05) is 0 Å². The first-order chi connectivity index (χ1) is 6.24. The van der Waals surface area contributed by atoms with Gasteiger partial charge in [0.2, 0.25) is 7.43 Å². The van der Waals surface area contributed by atoms with Crippen LogP contribution in [0.15, 0.2) is 25.9 Å². The maximum absolute atomic E-state index is 12.7. The van der Waals surface area contributed by atoms with Gasteiger partial charge in [0.25, 0.3) is 0 Å². The Morgan fingerprint density at radius 2 is 1.57 bits per heavy atom. The molecule has 0 amide bonds. The zero-order valence-electron chi connectivity index (χ0n) is 6.89. The van der Waals surface area contributed by atoms with Crippen LogP contribution in [0.4, 0.5) is 16.8 Å². The second-order valence-electron chi connectivity index (χ2n) is 2.13. The average Bonchev–Trinajstić information content (AvgIpc) is 1.98. The van der Waals surface area contributed by atoms with Gasteiger partial charge in [0, 0.05) is 7.11 Å². The van der Waals surface area contributed by atoms with Crippen molar-refractivity contribution in [3.8, 4) is 0 Å². The van der Waals surface area contributed by atoms with Gasteiger partial charge in [-0.15, -0.1) is 21.3 Å². The van der Waals surface area contributed by atoms with Crippen LogP contribution in [0.3, 0.4) is 0 Å². The summed E-state index contributed by atoms with van der Waals surface area (Å²) in [6.07, 6.45) is 0. The molecule has 0 saturated carbocycles. The summed E-state index contributed by atoms with van der Waals surface area (Å²) in [5.74, 6) is 0.809. The molecule has 0 bridgehead atoms. The molecule has 1 atom stereocenters. The Hall–Kier alpha value is 0.110. The highest BCUT2D eigenvalue weighted by Gasteiger charge is 2.37. The highest BCUT2D eigenvalue weighted by atomic mass is 31.3. The van der Waals surface area contributed by atoms with Gasteiger partial charge < -0.3 is 4.52 Å². The zero-order chi connectivity index (χ0) is 11.0. The number of halogens is 4. The second kappa shape index (κ2) is 3.60. The molecule has 0 spiro atoms. The van der Waals surface area contributed by atoms with E-state index in [0.717, 1.165) is 12.9 Å². The molecule has 0 fully saturated rings. The fourth-order valence-electron chi connectivity index (χ4n) is 0.712. The van der Waals surface area contributed by atoms with Gasteiger partial charge in [-0.3, -0.25) is 0 Å². The van der Waals surface area contributed by atoms with E-state index in [4.69, 9.17) is 0 Å². The lowest BCUT2D eigenvalue weighted by atomic mass is 11.3. The number of hydrogen-bond donors (Lipinski definition) is 0. The Morgan fingerprint density at radius 3 is 1.93 bits per heavy atom. The summed E-state index contributed by atoms with van der Waals surface area (Å²) in [6.45, 7) is 3.12. The molecule has 82 valence electrons. The molecule has 0 saturated heterocycles. The molecule has 0 aromatic rings. The molecule has 0 aliphatic carbocycles. The van der Waals surface area contributed by atoms with Crippen molar-refractivity contribution in [1.82, 2.24) is 0 Å². The number of nitrogens with zero attached hydrogens (tertiary/aromatic N) is 3. The summed E-state index contributed by atoms with van der Waals surface area (Å²) >= 11 is 0. The fraction of sp³-hybridized carbons (Fsp3) is 0.333. The summed E-state index contributed by atoms with van der Waals surface area (Å²) in [6, 6.07) is 0. The molecule has 1 unspecified atom stereocenters. The third-order valence-electron chi connectivity index (χ3n) is 1.19. The van der Waals surface area contributed by atoms with E-state index >= 15 is 0 Å². The predicted molar refractivity (Wildman–Crippen MR) is 49.7 cm³/mol. The van der Waals surface area contributed by atoms with E-state index in [9.17, 15) is 16.8 Å². The first kappa shape index (κ1) is 12.2. The lowest BCUT2D eigenvalue weighted by molar-refractivity contribution is 0.459. The van der Waals surface area contributed by atoms with Crippen LogP contribution in [0, 0.1) is 0 Å². The van der Waals surface area contributed by atoms with E-state index < -0.39 is 23.1 Å². The molecule has 1 rings (SSSR count). The molecule has 1 heterocycles. The van der Waals surface area contributed by atoms with Crippen molar-refractivity contribution in [2.24, 2.45) is 13.5 Å². The fourth-order valence-corrected chi connectivity index (χ4v) is 6.93. The summed E-state index contributed by atoms with van der Waals surface area (Å²) in [4.78, 5) is 0. The minimum absolute atomic E-state index is 0.809.